The van der Waals surface area contributed by atoms with Gasteiger partial charge in [-0.1, -0.05) is 18.2 Å². The third-order valence-electron chi connectivity index (χ3n) is 4.09. The van der Waals surface area contributed by atoms with Crippen molar-refractivity contribution in [3.05, 3.63) is 29.8 Å². The number of carbonyl (C=O) groups is 4. The summed E-state index contributed by atoms with van der Waals surface area (Å²) in [5.74, 6) is -7.59. The van der Waals surface area contributed by atoms with Crippen LogP contribution >= 0.6 is 24.4 Å². The number of aromatic hydroxyl groups is 1. The predicted molar refractivity (Wildman–Crippen MR) is 95.6 cm³/mol. The zero-order valence-corrected chi connectivity index (χ0v) is 14.6. The van der Waals surface area contributed by atoms with Crippen molar-refractivity contribution >= 4 is 58.3 Å². The van der Waals surface area contributed by atoms with Gasteiger partial charge in [0.15, 0.2) is 10.2 Å². The number of rotatable bonds is 3. The predicted octanol–water partition coefficient (Wildman–Crippen LogP) is -1.23. The molecule has 0 aromatic heterocycles. The molecule has 0 bridgehead atoms. The summed E-state index contributed by atoms with van der Waals surface area (Å²) < 4.78 is 0. The fourth-order valence-electron chi connectivity index (χ4n) is 3.03. The second-order valence-corrected chi connectivity index (χ2v) is 6.47. The molecule has 9 nitrogen and oxygen atoms in total. The minimum Gasteiger partial charge on any atom is -0.508 e. The van der Waals surface area contributed by atoms with Crippen LogP contribution in [0.15, 0.2) is 24.3 Å². The van der Waals surface area contributed by atoms with Crippen LogP contribution in [0.25, 0.3) is 0 Å². The van der Waals surface area contributed by atoms with Gasteiger partial charge < -0.3 is 26.4 Å². The van der Waals surface area contributed by atoms with E-state index in [0.29, 0.717) is 0 Å². The van der Waals surface area contributed by atoms with Gasteiger partial charge in [0.2, 0.25) is 23.6 Å². The van der Waals surface area contributed by atoms with Crippen LogP contribution < -0.4 is 21.3 Å². The Morgan fingerprint density at radius 1 is 0.769 bits per heavy atom. The van der Waals surface area contributed by atoms with E-state index in [-0.39, 0.29) is 21.5 Å². The lowest BCUT2D eigenvalue weighted by molar-refractivity contribution is -0.140. The smallest absolute Gasteiger partial charge is 0.239 e. The van der Waals surface area contributed by atoms with Gasteiger partial charge in [0, 0.05) is 5.92 Å². The Morgan fingerprint density at radius 3 is 1.54 bits per heavy atom. The average Bonchev–Trinajstić information content (AvgIpc) is 2.52. The van der Waals surface area contributed by atoms with Crippen LogP contribution in [-0.2, 0) is 19.2 Å². The third-order valence-corrected chi connectivity index (χ3v) is 4.50. The van der Waals surface area contributed by atoms with Crippen molar-refractivity contribution in [2.45, 2.75) is 5.92 Å². The highest BCUT2D eigenvalue weighted by molar-refractivity contribution is 7.80. The van der Waals surface area contributed by atoms with Crippen molar-refractivity contribution in [3.8, 4) is 5.75 Å². The molecule has 134 valence electrons. The van der Waals surface area contributed by atoms with E-state index in [1.165, 1.54) is 18.2 Å². The minimum absolute atomic E-state index is 0.0961. The Morgan fingerprint density at radius 2 is 1.15 bits per heavy atom. The van der Waals surface area contributed by atoms with Crippen molar-refractivity contribution < 1.29 is 24.3 Å². The molecule has 0 unspecified atom stereocenters. The first-order valence-electron chi connectivity index (χ1n) is 7.39. The number of phenols is 1. The number of hydrogen-bond acceptors (Lipinski definition) is 7. The summed E-state index contributed by atoms with van der Waals surface area (Å²) in [6, 6.07) is 5.84. The zero-order chi connectivity index (χ0) is 19.0. The number of nitrogens with one attached hydrogen (secondary N) is 4. The molecule has 2 aliphatic rings. The second-order valence-electron chi connectivity index (χ2n) is 5.66. The average molecular weight is 392 g/mol. The molecule has 11 heteroatoms. The largest absolute Gasteiger partial charge is 0.508 e. The molecule has 1 aromatic rings. The molecule has 0 saturated carbocycles. The Hall–Kier alpha value is -2.92. The lowest BCUT2D eigenvalue weighted by Gasteiger charge is -2.35. The molecule has 0 spiro atoms. The summed E-state index contributed by atoms with van der Waals surface area (Å²) in [7, 11) is 0. The van der Waals surface area contributed by atoms with Gasteiger partial charge in [0.25, 0.3) is 0 Å². The van der Waals surface area contributed by atoms with Gasteiger partial charge in [0.05, 0.1) is 0 Å². The summed E-state index contributed by atoms with van der Waals surface area (Å²) in [5, 5.41) is 19.0. The Labute approximate surface area is 157 Å². The number of phenolic OH excluding ortho intramolecular Hbond substituents is 1. The normalized spacial score (nSPS) is 19.1. The van der Waals surface area contributed by atoms with E-state index in [9.17, 15) is 24.3 Å². The summed E-state index contributed by atoms with van der Waals surface area (Å²) in [6.45, 7) is 0. The Kier molecular flexibility index (Phi) is 4.66. The van der Waals surface area contributed by atoms with Crippen LogP contribution in [0, 0.1) is 11.8 Å². The molecule has 2 heterocycles. The number of thiocarbonyl (C=S) groups is 2. The lowest BCUT2D eigenvalue weighted by atomic mass is 9.73. The number of para-hydroxylation sites is 1. The summed E-state index contributed by atoms with van der Waals surface area (Å²) in [6.07, 6.45) is 0. The molecule has 0 atom stereocenters. The van der Waals surface area contributed by atoms with Gasteiger partial charge in [-0.2, -0.15) is 0 Å². The molecule has 3 rings (SSSR count). The molecule has 5 N–H and O–H groups in total. The first kappa shape index (κ1) is 17.9. The molecule has 0 aliphatic carbocycles. The van der Waals surface area contributed by atoms with E-state index in [1.807, 2.05) is 0 Å². The van der Waals surface area contributed by atoms with Crippen molar-refractivity contribution in [1.29, 1.82) is 0 Å². The molecule has 0 radical (unpaired) electrons. The molecular formula is C15H12N4O5S2. The summed E-state index contributed by atoms with van der Waals surface area (Å²) >= 11 is 9.54. The van der Waals surface area contributed by atoms with Crippen molar-refractivity contribution in [1.82, 2.24) is 21.3 Å². The molecule has 2 fully saturated rings. The van der Waals surface area contributed by atoms with Crippen LogP contribution in [0.4, 0.5) is 0 Å². The van der Waals surface area contributed by atoms with E-state index in [2.05, 4.69) is 21.3 Å². The minimum atomic E-state index is -1.47. The van der Waals surface area contributed by atoms with Crippen molar-refractivity contribution in [2.24, 2.45) is 11.8 Å². The van der Waals surface area contributed by atoms with Gasteiger partial charge in [-0.3, -0.25) is 19.2 Å². The number of benzene rings is 1. The van der Waals surface area contributed by atoms with E-state index in [1.54, 1.807) is 6.07 Å². The fourth-order valence-corrected chi connectivity index (χ4v) is 3.43. The highest BCUT2D eigenvalue weighted by Crippen LogP contribution is 2.39. The number of hydrogen-bond donors (Lipinski definition) is 5. The van der Waals surface area contributed by atoms with Crippen LogP contribution in [0.3, 0.4) is 0 Å². The SMILES string of the molecule is O=C1NC(=S)NC(=O)C1C(c1ccccc1O)C1C(=O)NC(=S)NC1=O. The van der Waals surface area contributed by atoms with Crippen LogP contribution in [0.2, 0.25) is 0 Å². The first-order chi connectivity index (χ1) is 12.3. The van der Waals surface area contributed by atoms with E-state index in [4.69, 9.17) is 24.4 Å². The fraction of sp³-hybridized carbons (Fsp3) is 0.200. The molecule has 4 amide bonds. The van der Waals surface area contributed by atoms with Crippen LogP contribution in [0.1, 0.15) is 11.5 Å². The van der Waals surface area contributed by atoms with E-state index in [0.717, 1.165) is 0 Å². The standard InChI is InChI=1S/C15H12N4O5S2/c20-6-4-2-1-3-5(6)7(8-10(21)16-14(25)17-11(8)22)9-12(23)18-15(26)19-13(9)24/h1-4,7-9,20H,(H2,16,17,21,22,25)(H2,18,19,23,24,26). The quantitative estimate of drug-likeness (QED) is 0.321. The first-order valence-corrected chi connectivity index (χ1v) is 8.20. The monoisotopic (exact) mass is 392 g/mol. The highest BCUT2D eigenvalue weighted by Gasteiger charge is 2.50. The van der Waals surface area contributed by atoms with E-state index >= 15 is 0 Å². The number of carbonyl (C=O) groups excluding carboxylic acids is 4. The maximum atomic E-state index is 12.4. The maximum Gasteiger partial charge on any atom is 0.239 e. The van der Waals surface area contributed by atoms with Crippen molar-refractivity contribution in [3.63, 3.8) is 0 Å². The number of amides is 4. The summed E-state index contributed by atoms with van der Waals surface area (Å²) in [5.41, 5.74) is 0.0961. The Balaban J connectivity index is 2.13. The van der Waals surface area contributed by atoms with E-state index < -0.39 is 41.4 Å². The van der Waals surface area contributed by atoms with Gasteiger partial charge >= 0.3 is 0 Å². The van der Waals surface area contributed by atoms with Crippen LogP contribution in [-0.4, -0.2) is 39.0 Å². The van der Waals surface area contributed by atoms with Crippen LogP contribution in [0.5, 0.6) is 5.75 Å². The molecule has 2 aliphatic heterocycles. The Bertz CT molecular complexity index is 783. The van der Waals surface area contributed by atoms with Crippen molar-refractivity contribution in [2.75, 3.05) is 0 Å². The van der Waals surface area contributed by atoms with Gasteiger partial charge in [-0.25, -0.2) is 0 Å². The molecular weight excluding hydrogens is 380 g/mol. The molecule has 1 aromatic carbocycles. The highest BCUT2D eigenvalue weighted by atomic mass is 32.1. The summed E-state index contributed by atoms with van der Waals surface area (Å²) in [4.78, 5) is 49.7. The maximum absolute atomic E-state index is 12.4. The van der Waals surface area contributed by atoms with Gasteiger partial charge in [-0.05, 0) is 36.1 Å². The van der Waals surface area contributed by atoms with Gasteiger partial charge in [-0.15, -0.1) is 0 Å². The van der Waals surface area contributed by atoms with Gasteiger partial charge in [0.1, 0.15) is 17.6 Å². The molecule has 26 heavy (non-hydrogen) atoms. The molecule has 2 saturated heterocycles. The topological polar surface area (TPSA) is 137 Å². The lowest BCUT2D eigenvalue weighted by Crippen LogP contribution is -2.62. The zero-order valence-electron chi connectivity index (χ0n) is 12.9. The second kappa shape index (κ2) is 6.77. The third kappa shape index (κ3) is 3.13.